The summed E-state index contributed by atoms with van der Waals surface area (Å²) in [6.07, 6.45) is 0.248. The number of nitrogens with zero attached hydrogens (tertiary/aromatic N) is 2. The van der Waals surface area contributed by atoms with Gasteiger partial charge in [0.25, 0.3) is 0 Å². The predicted molar refractivity (Wildman–Crippen MR) is 80.3 cm³/mol. The Morgan fingerprint density at radius 3 is 2.86 bits per heavy atom. The minimum atomic E-state index is -0.775. The predicted octanol–water partition coefficient (Wildman–Crippen LogP) is 0.597. The van der Waals surface area contributed by atoms with Gasteiger partial charge in [-0.1, -0.05) is 20.8 Å². The van der Waals surface area contributed by atoms with Gasteiger partial charge in [-0.2, -0.15) is 4.98 Å². The highest BCUT2D eigenvalue weighted by Crippen LogP contribution is 2.49. The second-order valence-electron chi connectivity index (χ2n) is 7.53. The van der Waals surface area contributed by atoms with Gasteiger partial charge in [0.15, 0.2) is 6.23 Å². The lowest BCUT2D eigenvalue weighted by molar-refractivity contribution is -0.184. The van der Waals surface area contributed by atoms with Gasteiger partial charge in [-0.3, -0.25) is 4.57 Å². The maximum absolute atomic E-state index is 12.1. The Labute approximate surface area is 129 Å². The summed E-state index contributed by atoms with van der Waals surface area (Å²) in [6.45, 7) is 8.36. The third kappa shape index (κ3) is 2.33. The fraction of sp³-hybridized carbons (Fsp3) is 0.733. The van der Waals surface area contributed by atoms with Gasteiger partial charge in [0.2, 0.25) is 0 Å². The molecule has 3 heterocycles. The molecule has 7 heteroatoms. The second-order valence-corrected chi connectivity index (χ2v) is 7.53. The number of aromatic nitrogens is 2. The average Bonchev–Trinajstić information content (AvgIpc) is 2.81. The molecule has 1 aromatic rings. The van der Waals surface area contributed by atoms with Crippen molar-refractivity contribution in [1.29, 1.82) is 0 Å². The number of aliphatic hydroxyl groups excluding tert-OH is 1. The van der Waals surface area contributed by atoms with E-state index in [9.17, 15) is 9.90 Å². The number of aliphatic hydroxyl groups is 1. The zero-order valence-electron chi connectivity index (χ0n) is 13.4. The van der Waals surface area contributed by atoms with Gasteiger partial charge in [-0.05, 0) is 18.8 Å². The molecule has 1 aromatic heterocycles. The first kappa shape index (κ1) is 15.5. The van der Waals surface area contributed by atoms with Crippen LogP contribution in [0.4, 0.5) is 5.82 Å². The topological polar surface area (TPSA) is 99.6 Å². The maximum Gasteiger partial charge on any atom is 0.351 e. The van der Waals surface area contributed by atoms with Gasteiger partial charge in [-0.15, -0.1) is 0 Å². The van der Waals surface area contributed by atoms with E-state index in [0.29, 0.717) is 18.6 Å². The Balaban J connectivity index is 1.96. The molecule has 2 aliphatic heterocycles. The Morgan fingerprint density at radius 2 is 2.23 bits per heavy atom. The fourth-order valence-electron chi connectivity index (χ4n) is 3.43. The quantitative estimate of drug-likeness (QED) is 0.830. The molecule has 0 spiro atoms. The lowest BCUT2D eigenvalue weighted by atomic mass is 9.80. The summed E-state index contributed by atoms with van der Waals surface area (Å²) in [7, 11) is 0. The number of rotatable bonds is 2. The number of ether oxygens (including phenoxy) is 2. The molecule has 4 atom stereocenters. The molecule has 2 bridgehead atoms. The molecule has 2 fully saturated rings. The highest BCUT2D eigenvalue weighted by atomic mass is 16.6. The van der Waals surface area contributed by atoms with Gasteiger partial charge in [-0.25, -0.2) is 4.79 Å². The Kier molecular flexibility index (Phi) is 3.36. The largest absolute Gasteiger partial charge is 0.387 e. The zero-order valence-corrected chi connectivity index (χ0v) is 13.4. The van der Waals surface area contributed by atoms with Crippen LogP contribution < -0.4 is 11.4 Å². The third-order valence-electron chi connectivity index (χ3n) is 4.28. The van der Waals surface area contributed by atoms with Gasteiger partial charge in [0.1, 0.15) is 23.6 Å². The van der Waals surface area contributed by atoms with Crippen LogP contribution >= 0.6 is 0 Å². The smallest absolute Gasteiger partial charge is 0.351 e. The summed E-state index contributed by atoms with van der Waals surface area (Å²) in [6, 6.07) is 0. The van der Waals surface area contributed by atoms with Gasteiger partial charge >= 0.3 is 5.69 Å². The molecule has 2 saturated heterocycles. The Bertz CT molecular complexity index is 651. The van der Waals surface area contributed by atoms with Crippen molar-refractivity contribution in [2.24, 2.45) is 5.41 Å². The summed E-state index contributed by atoms with van der Waals surface area (Å²) in [5.74, 6) is 0.204. The van der Waals surface area contributed by atoms with E-state index >= 15 is 0 Å². The van der Waals surface area contributed by atoms with E-state index in [1.165, 1.54) is 4.57 Å². The molecule has 7 nitrogen and oxygen atoms in total. The summed E-state index contributed by atoms with van der Waals surface area (Å²) in [4.78, 5) is 15.9. The van der Waals surface area contributed by atoms with Crippen LogP contribution in [0.2, 0.25) is 0 Å². The van der Waals surface area contributed by atoms with Crippen LogP contribution in [0.3, 0.4) is 0 Å². The molecule has 3 rings (SSSR count). The molecule has 22 heavy (non-hydrogen) atoms. The first-order chi connectivity index (χ1) is 10.1. The number of hydrogen-bond donors (Lipinski definition) is 2. The standard InChI is InChI=1S/C15H23N3O4/c1-8-5-18(13(20)17-11(8)16)12-9-10(19)15(22-12,7-21-9)6-14(2,3)4/h5,9-10,12,19H,6-7H2,1-4H3,(H2,16,17,20)/t9-,10?,12+,15-/m0/s1. The summed E-state index contributed by atoms with van der Waals surface area (Å²) in [5, 5.41) is 10.6. The van der Waals surface area contributed by atoms with Crippen molar-refractivity contribution in [1.82, 2.24) is 9.55 Å². The van der Waals surface area contributed by atoms with E-state index in [1.54, 1.807) is 13.1 Å². The van der Waals surface area contributed by atoms with E-state index in [2.05, 4.69) is 25.8 Å². The number of nitrogens with two attached hydrogens (primary N) is 1. The van der Waals surface area contributed by atoms with Gasteiger partial charge in [0.05, 0.1) is 6.61 Å². The summed E-state index contributed by atoms with van der Waals surface area (Å²) < 4.78 is 13.2. The van der Waals surface area contributed by atoms with Crippen LogP contribution in [0.1, 0.15) is 39.0 Å². The fourth-order valence-corrected chi connectivity index (χ4v) is 3.43. The van der Waals surface area contributed by atoms with Crippen LogP contribution in [-0.4, -0.2) is 39.1 Å². The van der Waals surface area contributed by atoms with E-state index in [1.807, 2.05) is 0 Å². The van der Waals surface area contributed by atoms with Crippen LogP contribution in [-0.2, 0) is 9.47 Å². The van der Waals surface area contributed by atoms with Crippen molar-refractivity contribution < 1.29 is 14.6 Å². The number of hydrogen-bond acceptors (Lipinski definition) is 6. The minimum absolute atomic E-state index is 0.0334. The first-order valence-electron chi connectivity index (χ1n) is 7.46. The molecular weight excluding hydrogens is 286 g/mol. The van der Waals surface area contributed by atoms with Gasteiger partial charge < -0.3 is 20.3 Å². The van der Waals surface area contributed by atoms with Crippen LogP contribution in [0.5, 0.6) is 0 Å². The van der Waals surface area contributed by atoms with E-state index in [0.717, 1.165) is 0 Å². The SMILES string of the molecule is Cc1cn([C@@H]2O[C@@]3(CC(C)(C)C)CO[C@H]2C3O)c(=O)nc1N. The third-order valence-corrected chi connectivity index (χ3v) is 4.28. The van der Waals surface area contributed by atoms with Gasteiger partial charge in [0, 0.05) is 11.8 Å². The molecule has 2 aliphatic rings. The molecule has 0 radical (unpaired) electrons. The summed E-state index contributed by atoms with van der Waals surface area (Å²) >= 11 is 0. The molecule has 122 valence electrons. The van der Waals surface area contributed by atoms with Crippen molar-refractivity contribution in [3.05, 3.63) is 22.2 Å². The molecule has 0 aliphatic carbocycles. The summed E-state index contributed by atoms with van der Waals surface area (Å²) in [5.41, 5.74) is 5.03. The number of aryl methyl sites for hydroxylation is 1. The second kappa shape index (κ2) is 4.78. The van der Waals surface area contributed by atoms with Crippen molar-refractivity contribution in [3.8, 4) is 0 Å². The Hall–Kier alpha value is -1.44. The molecular formula is C15H23N3O4. The number of anilines is 1. The molecule has 1 unspecified atom stereocenters. The Morgan fingerprint density at radius 1 is 1.55 bits per heavy atom. The molecule has 3 N–H and O–H groups in total. The van der Waals surface area contributed by atoms with E-state index in [-0.39, 0.29) is 11.2 Å². The maximum atomic E-state index is 12.1. The molecule has 0 amide bonds. The van der Waals surface area contributed by atoms with Crippen LogP contribution in [0, 0.1) is 12.3 Å². The highest BCUT2D eigenvalue weighted by molar-refractivity contribution is 5.35. The number of nitrogen functional groups attached to an aromatic ring is 1. The van der Waals surface area contributed by atoms with Crippen LogP contribution in [0.15, 0.2) is 11.0 Å². The lowest BCUT2D eigenvalue weighted by Crippen LogP contribution is -2.44. The number of fused-ring (bicyclic) bond motifs is 2. The normalized spacial score (nSPS) is 34.3. The van der Waals surface area contributed by atoms with E-state index in [4.69, 9.17) is 15.2 Å². The first-order valence-corrected chi connectivity index (χ1v) is 7.46. The van der Waals surface area contributed by atoms with Crippen LogP contribution in [0.25, 0.3) is 0 Å². The van der Waals surface area contributed by atoms with E-state index < -0.39 is 29.7 Å². The minimum Gasteiger partial charge on any atom is -0.387 e. The van der Waals surface area contributed by atoms with Crippen molar-refractivity contribution in [3.63, 3.8) is 0 Å². The average molecular weight is 309 g/mol. The van der Waals surface area contributed by atoms with Crippen molar-refractivity contribution >= 4 is 5.82 Å². The van der Waals surface area contributed by atoms with Crippen molar-refractivity contribution in [2.45, 2.75) is 58.2 Å². The molecule has 0 saturated carbocycles. The lowest BCUT2D eigenvalue weighted by Gasteiger charge is -2.35. The van der Waals surface area contributed by atoms with Crippen molar-refractivity contribution in [2.75, 3.05) is 12.3 Å². The highest BCUT2D eigenvalue weighted by Gasteiger charge is 2.62. The molecule has 0 aromatic carbocycles. The monoisotopic (exact) mass is 309 g/mol. The zero-order chi connectivity index (χ0) is 16.3.